The number of methoxy groups -OCH3 is 1. The number of hydrogen-bond donors (Lipinski definition) is 2. The third-order valence-corrected chi connectivity index (χ3v) is 1.73. The molecule has 0 aromatic rings. The van der Waals surface area contributed by atoms with Gasteiger partial charge in [-0.25, -0.2) is 9.18 Å². The van der Waals surface area contributed by atoms with Crippen molar-refractivity contribution >= 4 is 11.9 Å². The van der Waals surface area contributed by atoms with Crippen LogP contribution in [-0.2, 0) is 14.3 Å². The highest BCUT2D eigenvalue weighted by Crippen LogP contribution is 2.05. The number of halogens is 1. The van der Waals surface area contributed by atoms with Crippen LogP contribution in [-0.4, -0.2) is 36.5 Å². The topological polar surface area (TPSA) is 75.6 Å². The van der Waals surface area contributed by atoms with Gasteiger partial charge >= 0.3 is 5.97 Å². The third-order valence-electron chi connectivity index (χ3n) is 1.73. The van der Waals surface area contributed by atoms with Crippen molar-refractivity contribution in [3.8, 4) is 0 Å². The fourth-order valence-corrected chi connectivity index (χ4v) is 1.04. The summed E-state index contributed by atoms with van der Waals surface area (Å²) < 4.78 is 16.8. The number of carboxylic acid groups (broad SMARTS) is 1. The molecule has 6 heteroatoms. The number of hydrogen-bond acceptors (Lipinski definition) is 3. The molecule has 0 aliphatic carbocycles. The first kappa shape index (κ1) is 23.0. The largest absolute Gasteiger partial charge is 0.480 e. The number of aliphatic carboxylic acids is 1. The summed E-state index contributed by atoms with van der Waals surface area (Å²) in [6, 6.07) is -1.08. The minimum absolute atomic E-state index is 0.0898. The Hall–Kier alpha value is -1.17. The SMILES string of the molecule is CC.CC.COC(F)C(=O)NC(CC(C)C)C(=O)O. The Morgan fingerprint density at radius 2 is 1.63 bits per heavy atom. The van der Waals surface area contributed by atoms with Crippen molar-refractivity contribution < 1.29 is 23.8 Å². The van der Waals surface area contributed by atoms with Gasteiger partial charge in [0.15, 0.2) is 0 Å². The summed E-state index contributed by atoms with van der Waals surface area (Å²) in [5.74, 6) is -2.15. The van der Waals surface area contributed by atoms with Crippen LogP contribution in [0.3, 0.4) is 0 Å². The van der Waals surface area contributed by atoms with Gasteiger partial charge in [0.2, 0.25) is 0 Å². The van der Waals surface area contributed by atoms with E-state index in [1.54, 1.807) is 0 Å². The zero-order valence-corrected chi connectivity index (χ0v) is 13.0. The van der Waals surface area contributed by atoms with E-state index in [2.05, 4.69) is 10.1 Å². The Bertz CT molecular complexity index is 235. The first-order valence-corrected chi connectivity index (χ1v) is 6.58. The summed E-state index contributed by atoms with van der Waals surface area (Å²) >= 11 is 0. The second kappa shape index (κ2) is 14.9. The number of carboxylic acids is 1. The normalized spacial score (nSPS) is 12.3. The van der Waals surface area contributed by atoms with Crippen molar-refractivity contribution in [3.05, 3.63) is 0 Å². The monoisotopic (exact) mass is 281 g/mol. The van der Waals surface area contributed by atoms with Crippen LogP contribution in [0.2, 0.25) is 0 Å². The average Bonchev–Trinajstić information content (AvgIpc) is 2.40. The summed E-state index contributed by atoms with van der Waals surface area (Å²) in [6.07, 6.45) is -1.88. The molecular formula is C13H28FNO4. The Labute approximate surface area is 115 Å². The fourth-order valence-electron chi connectivity index (χ4n) is 1.04. The lowest BCUT2D eigenvalue weighted by molar-refractivity contribution is -0.148. The summed E-state index contributed by atoms with van der Waals surface area (Å²) in [6.45, 7) is 11.6. The molecular weight excluding hydrogens is 253 g/mol. The van der Waals surface area contributed by atoms with E-state index < -0.39 is 24.3 Å². The van der Waals surface area contributed by atoms with Gasteiger partial charge < -0.3 is 15.2 Å². The van der Waals surface area contributed by atoms with E-state index in [1.807, 2.05) is 41.5 Å². The van der Waals surface area contributed by atoms with Gasteiger partial charge in [0.25, 0.3) is 12.3 Å². The van der Waals surface area contributed by atoms with Gasteiger partial charge in [-0.3, -0.25) is 4.79 Å². The molecule has 19 heavy (non-hydrogen) atoms. The third kappa shape index (κ3) is 13.1. The van der Waals surface area contributed by atoms with Crippen LogP contribution in [0.5, 0.6) is 0 Å². The molecule has 0 aromatic heterocycles. The zero-order chi connectivity index (χ0) is 16.0. The molecule has 2 N–H and O–H groups in total. The molecule has 2 unspecified atom stereocenters. The maximum absolute atomic E-state index is 12.7. The van der Waals surface area contributed by atoms with Crippen LogP contribution < -0.4 is 5.32 Å². The van der Waals surface area contributed by atoms with Crippen molar-refractivity contribution in [1.82, 2.24) is 5.32 Å². The highest BCUT2D eigenvalue weighted by atomic mass is 19.1. The Morgan fingerprint density at radius 3 is 1.89 bits per heavy atom. The summed E-state index contributed by atoms with van der Waals surface area (Å²) in [7, 11) is 1.03. The second-order valence-corrected chi connectivity index (χ2v) is 3.58. The molecule has 0 fully saturated rings. The number of amides is 1. The first-order chi connectivity index (χ1) is 8.88. The van der Waals surface area contributed by atoms with E-state index >= 15 is 0 Å². The minimum Gasteiger partial charge on any atom is -0.480 e. The van der Waals surface area contributed by atoms with Crippen LogP contribution in [0.15, 0.2) is 0 Å². The molecule has 5 nitrogen and oxygen atoms in total. The minimum atomic E-state index is -2.13. The maximum Gasteiger partial charge on any atom is 0.326 e. The zero-order valence-electron chi connectivity index (χ0n) is 13.0. The molecule has 0 saturated heterocycles. The molecule has 0 aliphatic heterocycles. The number of ether oxygens (including phenoxy) is 1. The fraction of sp³-hybridized carbons (Fsp3) is 0.846. The molecule has 0 saturated carbocycles. The Balaban J connectivity index is -0.000000579. The number of carbonyl (C=O) groups excluding carboxylic acids is 1. The van der Waals surface area contributed by atoms with Gasteiger partial charge in [-0.15, -0.1) is 0 Å². The Morgan fingerprint density at radius 1 is 1.21 bits per heavy atom. The molecule has 0 heterocycles. The van der Waals surface area contributed by atoms with E-state index in [1.165, 1.54) is 0 Å². The standard InChI is InChI=1S/C9H16FNO4.2C2H6/c1-5(2)4-6(9(13)14)11-8(12)7(10)15-3;2*1-2/h5-7H,4H2,1-3H3,(H,11,12)(H,13,14);2*1-2H3. The van der Waals surface area contributed by atoms with Crippen LogP contribution in [0.4, 0.5) is 4.39 Å². The van der Waals surface area contributed by atoms with E-state index in [-0.39, 0.29) is 12.3 Å². The molecule has 0 aliphatic rings. The molecule has 0 rings (SSSR count). The van der Waals surface area contributed by atoms with Gasteiger partial charge in [-0.05, 0) is 12.3 Å². The van der Waals surface area contributed by atoms with E-state index in [0.29, 0.717) is 0 Å². The van der Waals surface area contributed by atoms with Gasteiger partial charge in [0, 0.05) is 7.11 Å². The Kier molecular flexibility index (Phi) is 18.0. The molecule has 0 radical (unpaired) electrons. The quantitative estimate of drug-likeness (QED) is 0.784. The van der Waals surface area contributed by atoms with Crippen LogP contribution in [0.25, 0.3) is 0 Å². The predicted molar refractivity (Wildman–Crippen MR) is 73.6 cm³/mol. The lowest BCUT2D eigenvalue weighted by Gasteiger charge is -2.17. The summed E-state index contributed by atoms with van der Waals surface area (Å²) in [5, 5.41) is 10.8. The highest BCUT2D eigenvalue weighted by Gasteiger charge is 2.25. The first-order valence-electron chi connectivity index (χ1n) is 6.58. The number of nitrogens with one attached hydrogen (secondary N) is 1. The molecule has 1 amide bonds. The lowest BCUT2D eigenvalue weighted by atomic mass is 10.0. The van der Waals surface area contributed by atoms with E-state index in [4.69, 9.17) is 5.11 Å². The molecule has 116 valence electrons. The van der Waals surface area contributed by atoms with Gasteiger partial charge in [-0.1, -0.05) is 41.5 Å². The van der Waals surface area contributed by atoms with Gasteiger partial charge in [0.05, 0.1) is 0 Å². The van der Waals surface area contributed by atoms with Crippen molar-refractivity contribution in [3.63, 3.8) is 0 Å². The molecule has 0 bridgehead atoms. The van der Waals surface area contributed by atoms with Crippen molar-refractivity contribution in [2.45, 2.75) is 60.4 Å². The highest BCUT2D eigenvalue weighted by molar-refractivity contribution is 5.85. The van der Waals surface area contributed by atoms with Gasteiger partial charge in [0.1, 0.15) is 6.04 Å². The number of rotatable bonds is 6. The second-order valence-electron chi connectivity index (χ2n) is 3.58. The predicted octanol–water partition coefficient (Wildman–Crippen LogP) is 2.60. The smallest absolute Gasteiger partial charge is 0.326 e. The number of carbonyl (C=O) groups is 2. The summed E-state index contributed by atoms with van der Waals surface area (Å²) in [5.41, 5.74) is 0. The maximum atomic E-state index is 12.7. The average molecular weight is 281 g/mol. The van der Waals surface area contributed by atoms with Crippen molar-refractivity contribution in [1.29, 1.82) is 0 Å². The van der Waals surface area contributed by atoms with E-state index in [0.717, 1.165) is 7.11 Å². The van der Waals surface area contributed by atoms with Gasteiger partial charge in [-0.2, -0.15) is 0 Å². The molecule has 0 aromatic carbocycles. The van der Waals surface area contributed by atoms with E-state index in [9.17, 15) is 14.0 Å². The van der Waals surface area contributed by atoms with Crippen molar-refractivity contribution in [2.24, 2.45) is 5.92 Å². The van der Waals surface area contributed by atoms with Crippen molar-refractivity contribution in [2.75, 3.05) is 7.11 Å². The molecule has 0 spiro atoms. The van der Waals surface area contributed by atoms with Crippen LogP contribution in [0.1, 0.15) is 48.0 Å². The lowest BCUT2D eigenvalue weighted by Crippen LogP contribution is -2.45. The molecule has 2 atom stereocenters. The number of alkyl halides is 1. The van der Waals surface area contributed by atoms with Crippen LogP contribution >= 0.6 is 0 Å². The van der Waals surface area contributed by atoms with Crippen LogP contribution in [0, 0.1) is 5.92 Å². The summed E-state index contributed by atoms with van der Waals surface area (Å²) in [4.78, 5) is 21.7.